The van der Waals surface area contributed by atoms with Gasteiger partial charge in [-0.1, -0.05) is 0 Å². The fourth-order valence-electron chi connectivity index (χ4n) is 1.73. The monoisotopic (exact) mass is 215 g/mol. The van der Waals surface area contributed by atoms with E-state index in [4.69, 9.17) is 4.74 Å². The molecule has 0 aliphatic heterocycles. The van der Waals surface area contributed by atoms with Gasteiger partial charge in [-0.25, -0.2) is 0 Å². The highest BCUT2D eigenvalue weighted by atomic mass is 16.5. The molecule has 3 heteroatoms. The maximum atomic E-state index is 10.9. The van der Waals surface area contributed by atoms with Gasteiger partial charge < -0.3 is 9.30 Å². The molecule has 0 spiro atoms. The summed E-state index contributed by atoms with van der Waals surface area (Å²) in [5.74, 6) is 0.820. The maximum Gasteiger partial charge on any atom is 0.166 e. The first-order valence-electron chi connectivity index (χ1n) is 5.04. The second-order valence-electron chi connectivity index (χ2n) is 3.57. The molecule has 0 saturated carbocycles. The molecule has 1 aromatic carbocycles. The quantitative estimate of drug-likeness (QED) is 0.737. The fraction of sp³-hybridized carbons (Fsp3) is 0.154. The molecule has 0 bridgehead atoms. The number of ether oxygens (including phenoxy) is 1. The molecule has 0 fully saturated rings. The Bertz CT molecular complexity index is 514. The molecule has 0 aliphatic carbocycles. The van der Waals surface area contributed by atoms with Gasteiger partial charge in [0.25, 0.3) is 0 Å². The SMILES string of the molecule is COc1ccc(-n2cccc2C=O)c(C)c1. The van der Waals surface area contributed by atoms with Gasteiger partial charge in [-0.2, -0.15) is 0 Å². The summed E-state index contributed by atoms with van der Waals surface area (Å²) in [6, 6.07) is 9.42. The Morgan fingerprint density at radius 3 is 2.75 bits per heavy atom. The predicted octanol–water partition coefficient (Wildman–Crippen LogP) is 2.61. The van der Waals surface area contributed by atoms with Crippen LogP contribution in [0.25, 0.3) is 5.69 Å². The summed E-state index contributed by atoms with van der Waals surface area (Å²) in [5, 5.41) is 0. The van der Waals surface area contributed by atoms with E-state index in [2.05, 4.69) is 0 Å². The van der Waals surface area contributed by atoms with E-state index in [1.165, 1.54) is 0 Å². The summed E-state index contributed by atoms with van der Waals surface area (Å²) in [6.45, 7) is 1.99. The molecule has 1 heterocycles. The first-order chi connectivity index (χ1) is 7.76. The highest BCUT2D eigenvalue weighted by Gasteiger charge is 2.05. The molecule has 0 atom stereocenters. The third-order valence-electron chi connectivity index (χ3n) is 2.56. The minimum atomic E-state index is 0.647. The second kappa shape index (κ2) is 4.23. The Labute approximate surface area is 94.3 Å². The van der Waals surface area contributed by atoms with Crippen molar-refractivity contribution in [3.63, 3.8) is 0 Å². The van der Waals surface area contributed by atoms with Crippen molar-refractivity contribution in [3.8, 4) is 11.4 Å². The number of carbonyl (C=O) groups excluding carboxylic acids is 1. The Balaban J connectivity index is 2.52. The number of methoxy groups -OCH3 is 1. The van der Waals surface area contributed by atoms with Crippen LogP contribution in [0.3, 0.4) is 0 Å². The molecule has 2 aromatic rings. The number of rotatable bonds is 3. The summed E-state index contributed by atoms with van der Waals surface area (Å²) in [4.78, 5) is 10.9. The van der Waals surface area contributed by atoms with E-state index in [0.717, 1.165) is 23.3 Å². The summed E-state index contributed by atoms with van der Waals surface area (Å²) >= 11 is 0. The average Bonchev–Trinajstić information content (AvgIpc) is 2.76. The fourth-order valence-corrected chi connectivity index (χ4v) is 1.73. The van der Waals surface area contributed by atoms with E-state index in [9.17, 15) is 4.79 Å². The van der Waals surface area contributed by atoms with Gasteiger partial charge in [-0.05, 0) is 42.8 Å². The van der Waals surface area contributed by atoms with Gasteiger partial charge in [0.05, 0.1) is 12.8 Å². The zero-order valence-corrected chi connectivity index (χ0v) is 9.31. The second-order valence-corrected chi connectivity index (χ2v) is 3.57. The van der Waals surface area contributed by atoms with Gasteiger partial charge in [0.15, 0.2) is 6.29 Å². The summed E-state index contributed by atoms with van der Waals surface area (Å²) in [6.07, 6.45) is 2.72. The Hall–Kier alpha value is -2.03. The lowest BCUT2D eigenvalue weighted by molar-refractivity contribution is 0.111. The minimum Gasteiger partial charge on any atom is -0.497 e. The minimum absolute atomic E-state index is 0.647. The zero-order chi connectivity index (χ0) is 11.5. The van der Waals surface area contributed by atoms with Crippen molar-refractivity contribution in [2.75, 3.05) is 7.11 Å². The van der Waals surface area contributed by atoms with Gasteiger partial charge in [0.1, 0.15) is 5.75 Å². The van der Waals surface area contributed by atoms with E-state index in [-0.39, 0.29) is 0 Å². The molecule has 2 rings (SSSR count). The molecule has 3 nitrogen and oxygen atoms in total. The zero-order valence-electron chi connectivity index (χ0n) is 9.31. The van der Waals surface area contributed by atoms with Crippen LogP contribution in [-0.4, -0.2) is 18.0 Å². The van der Waals surface area contributed by atoms with E-state index >= 15 is 0 Å². The van der Waals surface area contributed by atoms with Crippen molar-refractivity contribution in [2.24, 2.45) is 0 Å². The number of hydrogen-bond acceptors (Lipinski definition) is 2. The predicted molar refractivity (Wildman–Crippen MR) is 62.4 cm³/mol. The van der Waals surface area contributed by atoms with Crippen LogP contribution < -0.4 is 4.74 Å². The number of hydrogen-bond donors (Lipinski definition) is 0. The number of aryl methyl sites for hydroxylation is 1. The molecule has 82 valence electrons. The van der Waals surface area contributed by atoms with E-state index < -0.39 is 0 Å². The van der Waals surface area contributed by atoms with Crippen molar-refractivity contribution in [3.05, 3.63) is 47.8 Å². The molecule has 1 aromatic heterocycles. The molecular formula is C13H13NO2. The number of nitrogens with zero attached hydrogens (tertiary/aromatic N) is 1. The molecule has 0 aliphatic rings. The van der Waals surface area contributed by atoms with Crippen LogP contribution in [0, 0.1) is 6.92 Å². The highest BCUT2D eigenvalue weighted by molar-refractivity contribution is 5.74. The van der Waals surface area contributed by atoms with E-state index in [0.29, 0.717) is 5.69 Å². The van der Waals surface area contributed by atoms with Crippen LogP contribution in [-0.2, 0) is 0 Å². The molecule has 16 heavy (non-hydrogen) atoms. The third-order valence-corrected chi connectivity index (χ3v) is 2.56. The smallest absolute Gasteiger partial charge is 0.166 e. The lowest BCUT2D eigenvalue weighted by Gasteiger charge is -2.10. The standard InChI is InChI=1S/C13H13NO2/c1-10-8-12(16-2)5-6-13(10)14-7-3-4-11(14)9-15/h3-9H,1-2H3. The van der Waals surface area contributed by atoms with Crippen molar-refractivity contribution in [2.45, 2.75) is 6.92 Å². The summed E-state index contributed by atoms with van der Waals surface area (Å²) in [7, 11) is 1.64. The molecule has 0 saturated heterocycles. The maximum absolute atomic E-state index is 10.9. The van der Waals surface area contributed by atoms with E-state index in [1.807, 2.05) is 42.0 Å². The Kier molecular flexibility index (Phi) is 2.77. The van der Waals surface area contributed by atoms with Crippen LogP contribution in [0.1, 0.15) is 16.1 Å². The largest absolute Gasteiger partial charge is 0.497 e. The van der Waals surface area contributed by atoms with Crippen LogP contribution >= 0.6 is 0 Å². The van der Waals surface area contributed by atoms with Crippen LogP contribution in [0.2, 0.25) is 0 Å². The molecular weight excluding hydrogens is 202 g/mol. The molecule has 0 unspecified atom stereocenters. The number of aldehydes is 1. The topological polar surface area (TPSA) is 31.2 Å². The van der Waals surface area contributed by atoms with Crippen molar-refractivity contribution < 1.29 is 9.53 Å². The molecule has 0 N–H and O–H groups in total. The van der Waals surface area contributed by atoms with E-state index in [1.54, 1.807) is 13.2 Å². The molecule has 0 amide bonds. The Morgan fingerprint density at radius 2 is 2.12 bits per heavy atom. The van der Waals surface area contributed by atoms with Gasteiger partial charge in [-0.15, -0.1) is 0 Å². The van der Waals surface area contributed by atoms with Crippen LogP contribution in [0.5, 0.6) is 5.75 Å². The summed E-state index contributed by atoms with van der Waals surface area (Å²) < 4.78 is 7.01. The lowest BCUT2D eigenvalue weighted by atomic mass is 10.2. The summed E-state index contributed by atoms with van der Waals surface area (Å²) in [5.41, 5.74) is 2.71. The van der Waals surface area contributed by atoms with Gasteiger partial charge in [0.2, 0.25) is 0 Å². The van der Waals surface area contributed by atoms with Crippen molar-refractivity contribution in [1.82, 2.24) is 4.57 Å². The number of aromatic nitrogens is 1. The van der Waals surface area contributed by atoms with Crippen molar-refractivity contribution in [1.29, 1.82) is 0 Å². The highest BCUT2D eigenvalue weighted by Crippen LogP contribution is 2.21. The van der Waals surface area contributed by atoms with Crippen LogP contribution in [0.15, 0.2) is 36.5 Å². The van der Waals surface area contributed by atoms with Gasteiger partial charge in [0, 0.05) is 11.9 Å². The number of carbonyl (C=O) groups is 1. The van der Waals surface area contributed by atoms with Gasteiger partial charge >= 0.3 is 0 Å². The first-order valence-corrected chi connectivity index (χ1v) is 5.04. The number of benzene rings is 1. The Morgan fingerprint density at radius 1 is 1.31 bits per heavy atom. The average molecular weight is 215 g/mol. The van der Waals surface area contributed by atoms with Crippen LogP contribution in [0.4, 0.5) is 0 Å². The van der Waals surface area contributed by atoms with Gasteiger partial charge in [-0.3, -0.25) is 4.79 Å². The van der Waals surface area contributed by atoms with Crippen molar-refractivity contribution >= 4 is 6.29 Å². The molecule has 0 radical (unpaired) electrons. The normalized spacial score (nSPS) is 10.1. The third kappa shape index (κ3) is 1.72. The first kappa shape index (κ1) is 10.5. The lowest BCUT2D eigenvalue weighted by Crippen LogP contribution is -2.00.